The molecule has 1 aromatic carbocycles. The zero-order chi connectivity index (χ0) is 12.8. The van der Waals surface area contributed by atoms with Gasteiger partial charge in [-0.1, -0.05) is 62.9 Å². The van der Waals surface area contributed by atoms with Gasteiger partial charge in [0, 0.05) is 5.41 Å². The molecule has 0 radical (unpaired) electrons. The van der Waals surface area contributed by atoms with Crippen LogP contribution in [0.25, 0.3) is 0 Å². The van der Waals surface area contributed by atoms with Crippen LogP contribution in [0.5, 0.6) is 0 Å². The van der Waals surface area contributed by atoms with E-state index in [-0.39, 0.29) is 12.0 Å². The summed E-state index contributed by atoms with van der Waals surface area (Å²) in [6.07, 6.45) is 9.01. The van der Waals surface area contributed by atoms with E-state index >= 15 is 0 Å². The predicted octanol–water partition coefficient (Wildman–Crippen LogP) is 4.30. The molecule has 1 N–H and O–H groups in total. The fourth-order valence-corrected chi connectivity index (χ4v) is 3.66. The highest BCUT2D eigenvalue weighted by molar-refractivity contribution is 5.26. The Morgan fingerprint density at radius 1 is 1.06 bits per heavy atom. The van der Waals surface area contributed by atoms with Crippen LogP contribution >= 0.6 is 0 Å². The lowest BCUT2D eigenvalue weighted by atomic mass is 9.66. The molecule has 1 aliphatic carbocycles. The molecule has 0 bridgehead atoms. The SMILES string of the molecule is CCC(CO)(c1ccccc1)C1CCCCCC1. The van der Waals surface area contributed by atoms with Gasteiger partial charge in [0.05, 0.1) is 6.61 Å². The minimum atomic E-state index is -0.00833. The summed E-state index contributed by atoms with van der Waals surface area (Å²) in [6, 6.07) is 10.7. The highest BCUT2D eigenvalue weighted by atomic mass is 16.3. The molecule has 0 aliphatic heterocycles. The molecule has 1 aliphatic rings. The van der Waals surface area contributed by atoms with E-state index in [4.69, 9.17) is 0 Å². The zero-order valence-corrected chi connectivity index (χ0v) is 11.6. The molecule has 1 nitrogen and oxygen atoms in total. The summed E-state index contributed by atoms with van der Waals surface area (Å²) in [7, 11) is 0. The van der Waals surface area contributed by atoms with Gasteiger partial charge < -0.3 is 5.11 Å². The Bertz CT molecular complexity index is 332. The van der Waals surface area contributed by atoms with Crippen LogP contribution in [0.3, 0.4) is 0 Å². The lowest BCUT2D eigenvalue weighted by molar-refractivity contribution is 0.119. The maximum absolute atomic E-state index is 10.1. The highest BCUT2D eigenvalue weighted by Crippen LogP contribution is 2.42. The highest BCUT2D eigenvalue weighted by Gasteiger charge is 2.38. The minimum absolute atomic E-state index is 0.00833. The fraction of sp³-hybridized carbons (Fsp3) is 0.647. The average Bonchev–Trinajstić information content (AvgIpc) is 2.72. The first-order valence-electron chi connectivity index (χ1n) is 7.50. The molecule has 0 spiro atoms. The Kier molecular flexibility index (Phi) is 4.82. The van der Waals surface area contributed by atoms with Gasteiger partial charge in [-0.05, 0) is 30.7 Å². The Morgan fingerprint density at radius 3 is 2.17 bits per heavy atom. The number of benzene rings is 1. The van der Waals surface area contributed by atoms with Crippen molar-refractivity contribution in [1.82, 2.24) is 0 Å². The summed E-state index contributed by atoms with van der Waals surface area (Å²) >= 11 is 0. The van der Waals surface area contributed by atoms with E-state index in [9.17, 15) is 5.11 Å². The maximum atomic E-state index is 10.1. The molecule has 1 heteroatoms. The molecular weight excluding hydrogens is 220 g/mol. The van der Waals surface area contributed by atoms with Crippen molar-refractivity contribution in [3.63, 3.8) is 0 Å². The second-order valence-corrected chi connectivity index (χ2v) is 5.72. The van der Waals surface area contributed by atoms with Crippen LogP contribution in [0.4, 0.5) is 0 Å². The van der Waals surface area contributed by atoms with Gasteiger partial charge in [0.1, 0.15) is 0 Å². The molecule has 100 valence electrons. The molecule has 1 aromatic rings. The van der Waals surface area contributed by atoms with Crippen LogP contribution in [0.1, 0.15) is 57.4 Å². The molecule has 18 heavy (non-hydrogen) atoms. The second-order valence-electron chi connectivity index (χ2n) is 5.72. The maximum Gasteiger partial charge on any atom is 0.0530 e. The van der Waals surface area contributed by atoms with Gasteiger partial charge in [0.2, 0.25) is 0 Å². The smallest absolute Gasteiger partial charge is 0.0530 e. The molecular formula is C17H26O. The Balaban J connectivity index is 2.30. The van der Waals surface area contributed by atoms with E-state index < -0.39 is 0 Å². The Morgan fingerprint density at radius 2 is 1.67 bits per heavy atom. The molecule has 2 rings (SSSR count). The van der Waals surface area contributed by atoms with Gasteiger partial charge in [0.15, 0.2) is 0 Å². The van der Waals surface area contributed by atoms with Crippen molar-refractivity contribution in [2.24, 2.45) is 5.92 Å². The van der Waals surface area contributed by atoms with E-state index in [1.54, 1.807) is 0 Å². The molecule has 0 saturated heterocycles. The van der Waals surface area contributed by atoms with Crippen molar-refractivity contribution >= 4 is 0 Å². The Labute approximate surface area is 111 Å². The van der Waals surface area contributed by atoms with Crippen molar-refractivity contribution in [3.8, 4) is 0 Å². The number of aliphatic hydroxyl groups excluding tert-OH is 1. The first kappa shape index (κ1) is 13.6. The molecule has 1 unspecified atom stereocenters. The third-order valence-corrected chi connectivity index (χ3v) is 4.90. The van der Waals surface area contributed by atoms with Crippen molar-refractivity contribution < 1.29 is 5.11 Å². The summed E-state index contributed by atoms with van der Waals surface area (Å²) in [5.74, 6) is 0.650. The zero-order valence-electron chi connectivity index (χ0n) is 11.6. The van der Waals surface area contributed by atoms with E-state index in [0.29, 0.717) is 5.92 Å². The third-order valence-electron chi connectivity index (χ3n) is 4.90. The van der Waals surface area contributed by atoms with E-state index in [1.165, 1.54) is 44.1 Å². The third kappa shape index (κ3) is 2.61. The number of aliphatic hydroxyl groups is 1. The molecule has 1 atom stereocenters. The first-order valence-corrected chi connectivity index (χ1v) is 7.50. The van der Waals surface area contributed by atoms with E-state index in [1.807, 2.05) is 0 Å². The first-order chi connectivity index (χ1) is 8.83. The lowest BCUT2D eigenvalue weighted by Gasteiger charge is -2.39. The summed E-state index contributed by atoms with van der Waals surface area (Å²) in [6.45, 7) is 2.52. The van der Waals surface area contributed by atoms with Gasteiger partial charge in [0.25, 0.3) is 0 Å². The quantitative estimate of drug-likeness (QED) is 0.785. The van der Waals surface area contributed by atoms with Crippen molar-refractivity contribution in [2.45, 2.75) is 57.3 Å². The molecule has 0 amide bonds. The largest absolute Gasteiger partial charge is 0.395 e. The number of hydrogen-bond donors (Lipinski definition) is 1. The minimum Gasteiger partial charge on any atom is -0.395 e. The second kappa shape index (κ2) is 6.38. The Hall–Kier alpha value is -0.820. The van der Waals surface area contributed by atoms with Gasteiger partial charge in [-0.15, -0.1) is 0 Å². The summed E-state index contributed by atoms with van der Waals surface area (Å²) in [4.78, 5) is 0. The van der Waals surface area contributed by atoms with Crippen LogP contribution in [-0.2, 0) is 5.41 Å². The van der Waals surface area contributed by atoms with Crippen LogP contribution < -0.4 is 0 Å². The van der Waals surface area contributed by atoms with Crippen LogP contribution in [0.15, 0.2) is 30.3 Å². The molecule has 0 heterocycles. The predicted molar refractivity (Wildman–Crippen MR) is 76.7 cm³/mol. The van der Waals surface area contributed by atoms with E-state index in [0.717, 1.165) is 6.42 Å². The summed E-state index contributed by atoms with van der Waals surface area (Å²) in [5, 5.41) is 10.1. The number of rotatable bonds is 4. The molecule has 1 fully saturated rings. The topological polar surface area (TPSA) is 20.2 Å². The van der Waals surface area contributed by atoms with Crippen molar-refractivity contribution in [1.29, 1.82) is 0 Å². The van der Waals surface area contributed by atoms with Gasteiger partial charge in [-0.3, -0.25) is 0 Å². The summed E-state index contributed by atoms with van der Waals surface area (Å²) < 4.78 is 0. The van der Waals surface area contributed by atoms with Crippen molar-refractivity contribution in [3.05, 3.63) is 35.9 Å². The normalized spacial score (nSPS) is 21.2. The van der Waals surface area contributed by atoms with Crippen molar-refractivity contribution in [2.75, 3.05) is 6.61 Å². The molecule has 1 saturated carbocycles. The van der Waals surface area contributed by atoms with E-state index in [2.05, 4.69) is 37.3 Å². The van der Waals surface area contributed by atoms with Gasteiger partial charge >= 0.3 is 0 Å². The lowest BCUT2D eigenvalue weighted by Crippen LogP contribution is -2.38. The van der Waals surface area contributed by atoms with Gasteiger partial charge in [-0.2, -0.15) is 0 Å². The van der Waals surface area contributed by atoms with Crippen LogP contribution in [0, 0.1) is 5.92 Å². The fourth-order valence-electron chi connectivity index (χ4n) is 3.66. The van der Waals surface area contributed by atoms with Gasteiger partial charge in [-0.25, -0.2) is 0 Å². The monoisotopic (exact) mass is 246 g/mol. The summed E-state index contributed by atoms with van der Waals surface area (Å²) in [5.41, 5.74) is 1.33. The standard InChI is InChI=1S/C17H26O/c1-2-17(14-18,16-12-8-5-9-13-16)15-10-6-3-4-7-11-15/h5,8-9,12-13,15,18H,2-4,6-7,10-11,14H2,1H3. The van der Waals surface area contributed by atoms with Crippen LogP contribution in [-0.4, -0.2) is 11.7 Å². The average molecular weight is 246 g/mol. The number of hydrogen-bond acceptors (Lipinski definition) is 1. The molecule has 0 aromatic heterocycles. The van der Waals surface area contributed by atoms with Crippen LogP contribution in [0.2, 0.25) is 0 Å².